The molecular formula is C9H14O2. The average Bonchev–Trinajstić information content (AvgIpc) is 2.63. The van der Waals surface area contributed by atoms with Crippen LogP contribution < -0.4 is 0 Å². The topological polar surface area (TPSA) is 32.8 Å². The Bertz CT molecular complexity index is 189. The summed E-state index contributed by atoms with van der Waals surface area (Å²) < 4.78 is 5.28. The molecule has 1 rings (SSSR count). The molecule has 1 saturated heterocycles. The summed E-state index contributed by atoms with van der Waals surface area (Å²) in [6, 6.07) is 0. The highest BCUT2D eigenvalue weighted by molar-refractivity contribution is 5.03. The molecule has 0 aliphatic carbocycles. The van der Waals surface area contributed by atoms with Gasteiger partial charge in [0.25, 0.3) is 0 Å². The Balaban J connectivity index is 2.21. The van der Waals surface area contributed by atoms with E-state index in [1.807, 2.05) is 13.8 Å². The standard InChI is InChI=1S/C9H14O2/c1-3-4-5-6-9(2)8(7-10)11-9/h8,10H,5-7H2,1-2H3. The van der Waals surface area contributed by atoms with Gasteiger partial charge in [-0.3, -0.25) is 0 Å². The number of ether oxygens (including phenoxy) is 1. The van der Waals surface area contributed by atoms with Crippen LogP contribution in [0.2, 0.25) is 0 Å². The van der Waals surface area contributed by atoms with Crippen molar-refractivity contribution in [3.8, 4) is 11.8 Å². The smallest absolute Gasteiger partial charge is 0.110 e. The number of aliphatic hydroxyl groups excluding tert-OH is 1. The Morgan fingerprint density at radius 2 is 2.36 bits per heavy atom. The van der Waals surface area contributed by atoms with Crippen LogP contribution in [-0.4, -0.2) is 23.4 Å². The van der Waals surface area contributed by atoms with Gasteiger partial charge in [0.2, 0.25) is 0 Å². The number of hydrogen-bond donors (Lipinski definition) is 1. The van der Waals surface area contributed by atoms with Crippen molar-refractivity contribution in [1.82, 2.24) is 0 Å². The van der Waals surface area contributed by atoms with Crippen molar-refractivity contribution in [3.05, 3.63) is 0 Å². The van der Waals surface area contributed by atoms with E-state index in [2.05, 4.69) is 11.8 Å². The van der Waals surface area contributed by atoms with Gasteiger partial charge in [0.15, 0.2) is 0 Å². The largest absolute Gasteiger partial charge is 0.394 e. The van der Waals surface area contributed by atoms with Gasteiger partial charge >= 0.3 is 0 Å². The number of rotatable bonds is 3. The maximum atomic E-state index is 8.74. The zero-order chi connectivity index (χ0) is 8.32. The van der Waals surface area contributed by atoms with E-state index in [1.165, 1.54) is 0 Å². The highest BCUT2D eigenvalue weighted by Gasteiger charge is 2.50. The quantitative estimate of drug-likeness (QED) is 0.484. The minimum atomic E-state index is -0.0847. The van der Waals surface area contributed by atoms with E-state index in [0.717, 1.165) is 12.8 Å². The zero-order valence-electron chi connectivity index (χ0n) is 7.05. The fraction of sp³-hybridized carbons (Fsp3) is 0.778. The SMILES string of the molecule is CC#CCCC1(C)OC1CO. The molecule has 1 fully saturated rings. The van der Waals surface area contributed by atoms with E-state index in [4.69, 9.17) is 9.84 Å². The van der Waals surface area contributed by atoms with Crippen LogP contribution in [0.25, 0.3) is 0 Å². The summed E-state index contributed by atoms with van der Waals surface area (Å²) in [5, 5.41) is 8.74. The maximum absolute atomic E-state index is 8.74. The minimum Gasteiger partial charge on any atom is -0.394 e. The lowest BCUT2D eigenvalue weighted by Crippen LogP contribution is -2.11. The minimum absolute atomic E-state index is 0.0566. The van der Waals surface area contributed by atoms with Crippen LogP contribution in [-0.2, 0) is 4.74 Å². The zero-order valence-corrected chi connectivity index (χ0v) is 7.05. The first-order chi connectivity index (χ1) is 5.23. The summed E-state index contributed by atoms with van der Waals surface area (Å²) in [7, 11) is 0. The molecule has 0 bridgehead atoms. The van der Waals surface area contributed by atoms with Gasteiger partial charge in [-0.1, -0.05) is 0 Å². The third kappa shape index (κ3) is 1.95. The Labute approximate surface area is 67.6 Å². The molecule has 1 N–H and O–H groups in total. The molecule has 2 nitrogen and oxygen atoms in total. The van der Waals surface area contributed by atoms with Crippen molar-refractivity contribution >= 4 is 0 Å². The monoisotopic (exact) mass is 154 g/mol. The van der Waals surface area contributed by atoms with Crippen LogP contribution in [0.5, 0.6) is 0 Å². The van der Waals surface area contributed by atoms with E-state index in [-0.39, 0.29) is 18.3 Å². The van der Waals surface area contributed by atoms with Gasteiger partial charge in [-0.2, -0.15) is 0 Å². The normalized spacial score (nSPS) is 34.3. The summed E-state index contributed by atoms with van der Waals surface area (Å²) >= 11 is 0. The predicted molar refractivity (Wildman–Crippen MR) is 43.0 cm³/mol. The third-order valence-electron chi connectivity index (χ3n) is 2.12. The molecule has 2 atom stereocenters. The van der Waals surface area contributed by atoms with Crippen molar-refractivity contribution in [2.24, 2.45) is 0 Å². The van der Waals surface area contributed by atoms with Crippen LogP contribution in [0.1, 0.15) is 26.7 Å². The molecular weight excluding hydrogens is 140 g/mol. The van der Waals surface area contributed by atoms with Crippen molar-refractivity contribution in [2.45, 2.75) is 38.4 Å². The van der Waals surface area contributed by atoms with Crippen LogP contribution in [0.4, 0.5) is 0 Å². The van der Waals surface area contributed by atoms with E-state index < -0.39 is 0 Å². The summed E-state index contributed by atoms with van der Waals surface area (Å²) in [6.45, 7) is 3.99. The summed E-state index contributed by atoms with van der Waals surface area (Å²) in [5.74, 6) is 5.81. The molecule has 2 unspecified atom stereocenters. The van der Waals surface area contributed by atoms with Crippen LogP contribution >= 0.6 is 0 Å². The summed E-state index contributed by atoms with van der Waals surface area (Å²) in [6.07, 6.45) is 1.85. The molecule has 11 heavy (non-hydrogen) atoms. The molecule has 1 heterocycles. The molecule has 0 saturated carbocycles. The van der Waals surface area contributed by atoms with Crippen LogP contribution in [0, 0.1) is 11.8 Å². The third-order valence-corrected chi connectivity index (χ3v) is 2.12. The van der Waals surface area contributed by atoms with Crippen LogP contribution in [0.15, 0.2) is 0 Å². The lowest BCUT2D eigenvalue weighted by atomic mass is 10.0. The van der Waals surface area contributed by atoms with Crippen molar-refractivity contribution in [2.75, 3.05) is 6.61 Å². The fourth-order valence-electron chi connectivity index (χ4n) is 1.18. The Morgan fingerprint density at radius 3 is 2.82 bits per heavy atom. The van der Waals surface area contributed by atoms with Gasteiger partial charge in [0.1, 0.15) is 6.10 Å². The van der Waals surface area contributed by atoms with Crippen molar-refractivity contribution in [1.29, 1.82) is 0 Å². The molecule has 0 aromatic carbocycles. The molecule has 0 aromatic rings. The number of epoxide rings is 1. The second-order valence-electron chi connectivity index (χ2n) is 3.03. The molecule has 1 aliphatic rings. The van der Waals surface area contributed by atoms with E-state index in [9.17, 15) is 0 Å². The molecule has 0 spiro atoms. The highest BCUT2D eigenvalue weighted by Crippen LogP contribution is 2.39. The summed E-state index contributed by atoms with van der Waals surface area (Å²) in [4.78, 5) is 0. The predicted octanol–water partition coefficient (Wildman–Crippen LogP) is 0.940. The van der Waals surface area contributed by atoms with Gasteiger partial charge in [0.05, 0.1) is 12.2 Å². The van der Waals surface area contributed by atoms with Gasteiger partial charge in [0, 0.05) is 6.42 Å². The second kappa shape index (κ2) is 3.25. The first kappa shape index (κ1) is 8.58. The van der Waals surface area contributed by atoms with Gasteiger partial charge in [-0.25, -0.2) is 0 Å². The van der Waals surface area contributed by atoms with E-state index >= 15 is 0 Å². The number of hydrogen-bond acceptors (Lipinski definition) is 2. The Hall–Kier alpha value is -0.520. The molecule has 0 aromatic heterocycles. The van der Waals surface area contributed by atoms with Gasteiger partial charge in [-0.15, -0.1) is 11.8 Å². The van der Waals surface area contributed by atoms with Crippen molar-refractivity contribution in [3.63, 3.8) is 0 Å². The Kier molecular flexibility index (Phi) is 2.53. The molecule has 2 heteroatoms. The average molecular weight is 154 g/mol. The van der Waals surface area contributed by atoms with Gasteiger partial charge < -0.3 is 9.84 Å². The number of aliphatic hydroxyl groups is 1. The van der Waals surface area contributed by atoms with Gasteiger partial charge in [-0.05, 0) is 20.3 Å². The highest BCUT2D eigenvalue weighted by atomic mass is 16.6. The molecule has 0 radical (unpaired) electrons. The Morgan fingerprint density at radius 1 is 1.64 bits per heavy atom. The van der Waals surface area contributed by atoms with Crippen molar-refractivity contribution < 1.29 is 9.84 Å². The van der Waals surface area contributed by atoms with Crippen LogP contribution in [0.3, 0.4) is 0 Å². The molecule has 0 amide bonds. The molecule has 1 aliphatic heterocycles. The van der Waals surface area contributed by atoms with E-state index in [0.29, 0.717) is 0 Å². The fourth-order valence-corrected chi connectivity index (χ4v) is 1.18. The van der Waals surface area contributed by atoms with E-state index in [1.54, 1.807) is 0 Å². The maximum Gasteiger partial charge on any atom is 0.110 e. The second-order valence-corrected chi connectivity index (χ2v) is 3.03. The first-order valence-electron chi connectivity index (χ1n) is 3.91. The molecule has 62 valence electrons. The lowest BCUT2D eigenvalue weighted by molar-refractivity contribution is 0.235. The summed E-state index contributed by atoms with van der Waals surface area (Å²) in [5.41, 5.74) is -0.0847. The lowest BCUT2D eigenvalue weighted by Gasteiger charge is -2.00. The first-order valence-corrected chi connectivity index (χ1v) is 3.91.